The van der Waals surface area contributed by atoms with Gasteiger partial charge in [0.05, 0.1) is 0 Å². The van der Waals surface area contributed by atoms with Crippen LogP contribution < -0.4 is 5.73 Å². The van der Waals surface area contributed by atoms with Crippen molar-refractivity contribution in [3.63, 3.8) is 0 Å². The van der Waals surface area contributed by atoms with E-state index in [4.69, 9.17) is 5.73 Å². The summed E-state index contributed by atoms with van der Waals surface area (Å²) >= 11 is 3.47. The molecule has 0 aliphatic carbocycles. The minimum Gasteiger partial charge on any atom is -0.327 e. The first-order chi connectivity index (χ1) is 9.02. The highest BCUT2D eigenvalue weighted by atomic mass is 79.9. The highest BCUT2D eigenvalue weighted by Crippen LogP contribution is 2.31. The smallest absolute Gasteiger partial charge is 0.124 e. The van der Waals surface area contributed by atoms with E-state index in [1.807, 2.05) is 6.07 Å². The molecule has 1 fully saturated rings. The highest BCUT2D eigenvalue weighted by molar-refractivity contribution is 9.10. The van der Waals surface area contributed by atoms with Gasteiger partial charge in [-0.1, -0.05) is 35.3 Å². The fraction of sp³-hybridized carbons (Fsp3) is 0.600. The molecule has 2 N–H and O–H groups in total. The molecule has 1 aromatic carbocycles. The van der Waals surface area contributed by atoms with Gasteiger partial charge in [-0.15, -0.1) is 0 Å². The lowest BCUT2D eigenvalue weighted by atomic mass is 9.89. The Kier molecular flexibility index (Phi) is 4.98. The first-order valence-electron chi connectivity index (χ1n) is 6.97. The van der Waals surface area contributed by atoms with Crippen molar-refractivity contribution in [3.8, 4) is 0 Å². The molecule has 1 aliphatic heterocycles. The lowest BCUT2D eigenvalue weighted by Gasteiger charge is -2.40. The Labute approximate surface area is 123 Å². The second-order valence-corrected chi connectivity index (χ2v) is 6.31. The van der Waals surface area contributed by atoms with Crippen LogP contribution in [-0.2, 0) is 0 Å². The van der Waals surface area contributed by atoms with Crippen LogP contribution in [0.25, 0.3) is 0 Å². The van der Waals surface area contributed by atoms with Gasteiger partial charge in [-0.05, 0) is 37.0 Å². The Morgan fingerprint density at radius 2 is 2.26 bits per heavy atom. The number of halogens is 2. The number of hydrogen-bond donors (Lipinski definition) is 1. The Hall–Kier alpha value is -0.450. The average molecular weight is 329 g/mol. The topological polar surface area (TPSA) is 29.3 Å². The van der Waals surface area contributed by atoms with Crippen molar-refractivity contribution >= 4 is 15.9 Å². The van der Waals surface area contributed by atoms with Gasteiger partial charge in [0, 0.05) is 29.6 Å². The molecule has 0 bridgehead atoms. The lowest BCUT2D eigenvalue weighted by molar-refractivity contribution is 0.114. The van der Waals surface area contributed by atoms with E-state index in [1.54, 1.807) is 6.07 Å². The molecule has 0 spiro atoms. The standard InChI is InChI=1S/C15H22BrFN2/c1-3-11-9-19(7-6-15(11)18)10(2)13-5-4-12(17)8-14(13)16/h4-5,8,10-11,15H,3,6-7,9,18H2,1-2H3. The van der Waals surface area contributed by atoms with E-state index in [0.29, 0.717) is 12.0 Å². The predicted molar refractivity (Wildman–Crippen MR) is 80.5 cm³/mol. The molecular weight excluding hydrogens is 307 g/mol. The number of nitrogens with zero attached hydrogens (tertiary/aromatic N) is 1. The molecule has 1 saturated heterocycles. The molecule has 19 heavy (non-hydrogen) atoms. The molecule has 1 aromatic rings. The molecule has 0 radical (unpaired) electrons. The van der Waals surface area contributed by atoms with Gasteiger partial charge in [-0.2, -0.15) is 0 Å². The van der Waals surface area contributed by atoms with E-state index in [2.05, 4.69) is 34.7 Å². The number of piperidine rings is 1. The van der Waals surface area contributed by atoms with E-state index in [0.717, 1.165) is 36.0 Å². The van der Waals surface area contributed by atoms with Crippen LogP contribution in [0.4, 0.5) is 4.39 Å². The van der Waals surface area contributed by atoms with Gasteiger partial charge in [0.2, 0.25) is 0 Å². The van der Waals surface area contributed by atoms with E-state index in [-0.39, 0.29) is 11.9 Å². The van der Waals surface area contributed by atoms with Gasteiger partial charge in [-0.3, -0.25) is 4.90 Å². The number of rotatable bonds is 3. The molecule has 3 atom stereocenters. The Balaban J connectivity index is 2.13. The lowest BCUT2D eigenvalue weighted by Crippen LogP contribution is -2.47. The molecule has 4 heteroatoms. The van der Waals surface area contributed by atoms with Gasteiger partial charge >= 0.3 is 0 Å². The highest BCUT2D eigenvalue weighted by Gasteiger charge is 2.29. The maximum absolute atomic E-state index is 13.2. The van der Waals surface area contributed by atoms with Crippen molar-refractivity contribution in [2.75, 3.05) is 13.1 Å². The summed E-state index contributed by atoms with van der Waals surface area (Å²) in [5.74, 6) is 0.366. The SMILES string of the molecule is CCC1CN(C(C)c2ccc(F)cc2Br)CCC1N. The molecule has 2 nitrogen and oxygen atoms in total. The van der Waals surface area contributed by atoms with Crippen LogP contribution in [0, 0.1) is 11.7 Å². The summed E-state index contributed by atoms with van der Waals surface area (Å²) in [7, 11) is 0. The first-order valence-corrected chi connectivity index (χ1v) is 7.76. The maximum atomic E-state index is 13.2. The summed E-state index contributed by atoms with van der Waals surface area (Å²) < 4.78 is 14.0. The summed E-state index contributed by atoms with van der Waals surface area (Å²) in [6.45, 7) is 6.43. The molecule has 2 rings (SSSR count). The largest absolute Gasteiger partial charge is 0.327 e. The Bertz CT molecular complexity index is 438. The first kappa shape index (κ1) is 14.9. The van der Waals surface area contributed by atoms with Crippen molar-refractivity contribution in [2.45, 2.75) is 38.8 Å². The summed E-state index contributed by atoms with van der Waals surface area (Å²) in [6.07, 6.45) is 2.16. The Morgan fingerprint density at radius 3 is 2.89 bits per heavy atom. The number of likely N-dealkylation sites (tertiary alicyclic amines) is 1. The molecule has 0 aromatic heterocycles. The molecule has 0 saturated carbocycles. The number of nitrogens with two attached hydrogens (primary N) is 1. The fourth-order valence-electron chi connectivity index (χ4n) is 2.90. The molecule has 106 valence electrons. The summed E-state index contributed by atoms with van der Waals surface area (Å²) in [4.78, 5) is 2.45. The third kappa shape index (κ3) is 3.36. The molecule has 1 heterocycles. The maximum Gasteiger partial charge on any atom is 0.124 e. The van der Waals surface area contributed by atoms with Crippen molar-refractivity contribution in [1.29, 1.82) is 0 Å². The van der Waals surface area contributed by atoms with Crippen LogP contribution in [0.3, 0.4) is 0 Å². The van der Waals surface area contributed by atoms with Crippen molar-refractivity contribution in [2.24, 2.45) is 11.7 Å². The second kappa shape index (κ2) is 6.33. The van der Waals surface area contributed by atoms with Gasteiger partial charge in [-0.25, -0.2) is 4.39 Å². The van der Waals surface area contributed by atoms with Gasteiger partial charge in [0.15, 0.2) is 0 Å². The second-order valence-electron chi connectivity index (χ2n) is 5.46. The normalized spacial score (nSPS) is 26.4. The van der Waals surface area contributed by atoms with Crippen LogP contribution in [-0.4, -0.2) is 24.0 Å². The van der Waals surface area contributed by atoms with Crippen LogP contribution >= 0.6 is 15.9 Å². The number of benzene rings is 1. The van der Waals surface area contributed by atoms with Crippen molar-refractivity contribution in [3.05, 3.63) is 34.1 Å². The predicted octanol–water partition coefficient (Wildman–Crippen LogP) is 3.71. The minimum atomic E-state index is -0.199. The van der Waals surface area contributed by atoms with Gasteiger partial charge < -0.3 is 5.73 Å². The fourth-order valence-corrected chi connectivity index (χ4v) is 3.58. The summed E-state index contributed by atoms with van der Waals surface area (Å²) in [5, 5.41) is 0. The molecule has 0 amide bonds. The van der Waals surface area contributed by atoms with Gasteiger partial charge in [0.25, 0.3) is 0 Å². The monoisotopic (exact) mass is 328 g/mol. The van der Waals surface area contributed by atoms with Crippen molar-refractivity contribution in [1.82, 2.24) is 4.90 Å². The quantitative estimate of drug-likeness (QED) is 0.916. The van der Waals surface area contributed by atoms with Crippen LogP contribution in [0.15, 0.2) is 22.7 Å². The third-order valence-electron chi connectivity index (χ3n) is 4.31. The summed E-state index contributed by atoms with van der Waals surface area (Å²) in [6, 6.07) is 5.56. The zero-order valence-corrected chi connectivity index (χ0v) is 13.2. The Morgan fingerprint density at radius 1 is 1.53 bits per heavy atom. The van der Waals surface area contributed by atoms with Gasteiger partial charge in [0.1, 0.15) is 5.82 Å². The summed E-state index contributed by atoms with van der Waals surface area (Å²) in [5.41, 5.74) is 7.30. The van der Waals surface area contributed by atoms with E-state index in [1.165, 1.54) is 6.07 Å². The van der Waals surface area contributed by atoms with E-state index >= 15 is 0 Å². The molecule has 1 aliphatic rings. The average Bonchev–Trinajstić information content (AvgIpc) is 2.38. The van der Waals surface area contributed by atoms with Crippen LogP contribution in [0.2, 0.25) is 0 Å². The van der Waals surface area contributed by atoms with E-state index < -0.39 is 0 Å². The zero-order valence-electron chi connectivity index (χ0n) is 11.6. The van der Waals surface area contributed by atoms with Crippen LogP contribution in [0.5, 0.6) is 0 Å². The third-order valence-corrected chi connectivity index (χ3v) is 5.00. The minimum absolute atomic E-state index is 0.199. The van der Waals surface area contributed by atoms with Crippen LogP contribution in [0.1, 0.15) is 38.3 Å². The van der Waals surface area contributed by atoms with E-state index in [9.17, 15) is 4.39 Å². The molecule has 3 unspecified atom stereocenters. The van der Waals surface area contributed by atoms with Crippen molar-refractivity contribution < 1.29 is 4.39 Å². The zero-order chi connectivity index (χ0) is 14.0. The number of hydrogen-bond acceptors (Lipinski definition) is 2. The molecular formula is C15H22BrFN2.